The first-order valence-electron chi connectivity index (χ1n) is 2.96. The van der Waals surface area contributed by atoms with Gasteiger partial charge in [-0.1, -0.05) is 12.7 Å². The van der Waals surface area contributed by atoms with Crippen molar-refractivity contribution in [3.05, 3.63) is 34.6 Å². The van der Waals surface area contributed by atoms with Crippen molar-refractivity contribution in [2.75, 3.05) is 0 Å². The third-order valence-electron chi connectivity index (χ3n) is 1.21. The minimum Gasteiger partial charge on any atom is -0.244 e. The Kier molecular flexibility index (Phi) is 2.40. The zero-order valence-electron chi connectivity index (χ0n) is 5.71. The maximum atomic E-state index is 8.56. The molecule has 54 valence electrons. The first-order chi connectivity index (χ1) is 5.27. The molecular weight excluding hydrogens is 204 g/mol. The second-order valence-electron chi connectivity index (χ2n) is 1.91. The van der Waals surface area contributed by atoms with Crippen LogP contribution in [0, 0.1) is 11.3 Å². The number of aromatic nitrogens is 1. The molecule has 0 aliphatic rings. The fourth-order valence-electron chi connectivity index (χ4n) is 0.704. The van der Waals surface area contributed by atoms with Gasteiger partial charge in [0.05, 0.1) is 0 Å². The van der Waals surface area contributed by atoms with Crippen molar-refractivity contribution in [3.63, 3.8) is 0 Å². The number of nitrogens with zero attached hydrogens (tertiary/aromatic N) is 2. The van der Waals surface area contributed by atoms with Gasteiger partial charge in [0, 0.05) is 16.2 Å². The summed E-state index contributed by atoms with van der Waals surface area (Å²) >= 11 is 3.25. The highest BCUT2D eigenvalue weighted by Crippen LogP contribution is 2.13. The fraction of sp³-hybridized carbons (Fsp3) is 0. The molecule has 0 amide bonds. The molecule has 0 atom stereocenters. The highest BCUT2D eigenvalue weighted by molar-refractivity contribution is 9.10. The lowest BCUT2D eigenvalue weighted by Gasteiger charge is -1.95. The van der Waals surface area contributed by atoms with Gasteiger partial charge in [0.25, 0.3) is 0 Å². The van der Waals surface area contributed by atoms with Crippen LogP contribution in [0.1, 0.15) is 11.3 Å². The molecule has 2 nitrogen and oxygen atoms in total. The molecular formula is C8H5BrN2. The summed E-state index contributed by atoms with van der Waals surface area (Å²) in [5.41, 5.74) is 1.16. The van der Waals surface area contributed by atoms with Gasteiger partial charge in [-0.05, 0) is 22.0 Å². The first-order valence-corrected chi connectivity index (χ1v) is 3.75. The van der Waals surface area contributed by atoms with Crippen LogP contribution < -0.4 is 0 Å². The largest absolute Gasteiger partial charge is 0.244 e. The molecule has 1 heterocycles. The van der Waals surface area contributed by atoms with E-state index in [4.69, 9.17) is 5.26 Å². The lowest BCUT2D eigenvalue weighted by molar-refractivity contribution is 1.24. The van der Waals surface area contributed by atoms with E-state index in [1.54, 1.807) is 18.3 Å². The van der Waals surface area contributed by atoms with Crippen LogP contribution >= 0.6 is 15.9 Å². The van der Waals surface area contributed by atoms with Crippen molar-refractivity contribution in [1.29, 1.82) is 5.26 Å². The van der Waals surface area contributed by atoms with E-state index in [-0.39, 0.29) is 0 Å². The summed E-state index contributed by atoms with van der Waals surface area (Å²) in [6.07, 6.45) is 3.20. The van der Waals surface area contributed by atoms with Gasteiger partial charge in [0.15, 0.2) is 0 Å². The average Bonchev–Trinajstić information content (AvgIpc) is 2.04. The van der Waals surface area contributed by atoms with E-state index in [1.807, 2.05) is 6.07 Å². The van der Waals surface area contributed by atoms with Crippen molar-refractivity contribution in [1.82, 2.24) is 4.98 Å². The van der Waals surface area contributed by atoms with Gasteiger partial charge in [-0.2, -0.15) is 5.26 Å². The van der Waals surface area contributed by atoms with Crippen LogP contribution in [0.3, 0.4) is 0 Å². The normalized spacial score (nSPS) is 8.73. The van der Waals surface area contributed by atoms with Gasteiger partial charge in [-0.15, -0.1) is 0 Å². The first kappa shape index (κ1) is 7.96. The Morgan fingerprint density at radius 2 is 2.45 bits per heavy atom. The average molecular weight is 209 g/mol. The zero-order chi connectivity index (χ0) is 8.27. The Bertz CT molecular complexity index is 325. The summed E-state index contributed by atoms with van der Waals surface area (Å²) in [5.74, 6) is 0. The van der Waals surface area contributed by atoms with Gasteiger partial charge < -0.3 is 0 Å². The van der Waals surface area contributed by atoms with Crippen molar-refractivity contribution in [2.24, 2.45) is 0 Å². The van der Waals surface area contributed by atoms with Crippen LogP contribution in [0.2, 0.25) is 0 Å². The molecule has 0 unspecified atom stereocenters. The monoisotopic (exact) mass is 208 g/mol. The van der Waals surface area contributed by atoms with Gasteiger partial charge in [-0.25, -0.2) is 4.98 Å². The second-order valence-corrected chi connectivity index (χ2v) is 2.82. The van der Waals surface area contributed by atoms with Crippen LogP contribution in [0.25, 0.3) is 6.08 Å². The van der Waals surface area contributed by atoms with Gasteiger partial charge >= 0.3 is 0 Å². The minimum atomic E-state index is 0.406. The zero-order valence-corrected chi connectivity index (χ0v) is 7.30. The summed E-state index contributed by atoms with van der Waals surface area (Å²) in [7, 11) is 0. The number of halogens is 1. The van der Waals surface area contributed by atoms with Crippen molar-refractivity contribution in [2.45, 2.75) is 0 Å². The minimum absolute atomic E-state index is 0.406. The van der Waals surface area contributed by atoms with E-state index in [0.29, 0.717) is 5.69 Å². The Morgan fingerprint density at radius 1 is 1.73 bits per heavy atom. The van der Waals surface area contributed by atoms with Crippen molar-refractivity contribution in [3.8, 4) is 6.07 Å². The van der Waals surface area contributed by atoms with Crippen LogP contribution in [0.5, 0.6) is 0 Å². The van der Waals surface area contributed by atoms with Crippen LogP contribution in [0.15, 0.2) is 23.3 Å². The topological polar surface area (TPSA) is 36.7 Å². The fourth-order valence-corrected chi connectivity index (χ4v) is 1.05. The summed E-state index contributed by atoms with van der Waals surface area (Å²) in [6.45, 7) is 3.57. The molecule has 1 aromatic rings. The molecule has 0 aromatic carbocycles. The Hall–Kier alpha value is -1.14. The maximum Gasteiger partial charge on any atom is 0.147 e. The van der Waals surface area contributed by atoms with Crippen molar-refractivity contribution >= 4 is 22.0 Å². The van der Waals surface area contributed by atoms with Crippen molar-refractivity contribution < 1.29 is 0 Å². The highest BCUT2D eigenvalue weighted by Gasteiger charge is 1.98. The SMILES string of the molecule is C=Cc1cc(Br)cnc1C#N. The summed E-state index contributed by atoms with van der Waals surface area (Å²) in [5, 5.41) is 8.56. The molecule has 1 aromatic heterocycles. The van der Waals surface area contributed by atoms with Gasteiger partial charge in [0.2, 0.25) is 0 Å². The van der Waals surface area contributed by atoms with Crippen LogP contribution in [-0.2, 0) is 0 Å². The molecule has 0 aliphatic carbocycles. The Labute approximate surface area is 73.3 Å². The Morgan fingerprint density at radius 3 is 3.00 bits per heavy atom. The van der Waals surface area contributed by atoms with E-state index < -0.39 is 0 Å². The third-order valence-corrected chi connectivity index (χ3v) is 1.64. The van der Waals surface area contributed by atoms with E-state index in [0.717, 1.165) is 10.0 Å². The quantitative estimate of drug-likeness (QED) is 0.711. The van der Waals surface area contributed by atoms with Crippen LogP contribution in [-0.4, -0.2) is 4.98 Å². The molecule has 3 heteroatoms. The van der Waals surface area contributed by atoms with E-state index >= 15 is 0 Å². The Balaban J connectivity index is 3.30. The summed E-state index contributed by atoms with van der Waals surface area (Å²) in [4.78, 5) is 3.89. The molecule has 0 fully saturated rings. The molecule has 0 saturated heterocycles. The van der Waals surface area contributed by atoms with E-state index in [1.165, 1.54) is 0 Å². The van der Waals surface area contributed by atoms with E-state index in [2.05, 4.69) is 27.5 Å². The van der Waals surface area contributed by atoms with Gasteiger partial charge in [0.1, 0.15) is 11.8 Å². The maximum absolute atomic E-state index is 8.56. The number of pyridine rings is 1. The summed E-state index contributed by atoms with van der Waals surface area (Å²) in [6, 6.07) is 3.77. The predicted octanol–water partition coefficient (Wildman–Crippen LogP) is 2.36. The molecule has 0 radical (unpaired) electrons. The number of hydrogen-bond donors (Lipinski definition) is 0. The number of nitriles is 1. The predicted molar refractivity (Wildman–Crippen MR) is 46.7 cm³/mol. The second kappa shape index (κ2) is 3.31. The molecule has 0 saturated carbocycles. The lowest BCUT2D eigenvalue weighted by Crippen LogP contribution is -1.86. The molecule has 1 rings (SSSR count). The lowest BCUT2D eigenvalue weighted by atomic mass is 10.2. The summed E-state index contributed by atoms with van der Waals surface area (Å²) < 4.78 is 0.853. The third kappa shape index (κ3) is 1.66. The smallest absolute Gasteiger partial charge is 0.147 e. The number of hydrogen-bond acceptors (Lipinski definition) is 2. The molecule has 0 aliphatic heterocycles. The van der Waals surface area contributed by atoms with Gasteiger partial charge in [-0.3, -0.25) is 0 Å². The van der Waals surface area contributed by atoms with E-state index in [9.17, 15) is 0 Å². The number of rotatable bonds is 1. The molecule has 0 bridgehead atoms. The molecule has 0 N–H and O–H groups in total. The van der Waals surface area contributed by atoms with Crippen LogP contribution in [0.4, 0.5) is 0 Å². The molecule has 0 spiro atoms. The highest BCUT2D eigenvalue weighted by atomic mass is 79.9. The standard InChI is InChI=1S/C8H5BrN2/c1-2-6-3-7(9)5-11-8(6)4-10/h2-3,5H,1H2. The molecule has 11 heavy (non-hydrogen) atoms.